The molecule has 8 nitrogen and oxygen atoms in total. The van der Waals surface area contributed by atoms with Crippen LogP contribution in [0.25, 0.3) is 0 Å². The maximum Gasteiger partial charge on any atom is 0.242 e. The molecule has 0 bridgehead atoms. The van der Waals surface area contributed by atoms with Crippen LogP contribution in [0.1, 0.15) is 56.0 Å². The molecule has 0 saturated carbocycles. The number of aromatic nitrogens is 3. The number of hydrogen-bond donors (Lipinski definition) is 1. The second-order valence-corrected chi connectivity index (χ2v) is 6.63. The molecule has 0 aliphatic carbocycles. The van der Waals surface area contributed by atoms with Crippen molar-refractivity contribution in [2.75, 3.05) is 18.4 Å². The highest BCUT2D eigenvalue weighted by Gasteiger charge is 2.32. The van der Waals surface area contributed by atoms with Gasteiger partial charge in [0.15, 0.2) is 11.6 Å². The SMILES string of the molecule is CCC[C@@H](C(=O)Nc1cc(C)on1)N1CCC[C@@H](c2nc(C)no2)C1. The van der Waals surface area contributed by atoms with Gasteiger partial charge in [-0.1, -0.05) is 23.7 Å². The van der Waals surface area contributed by atoms with Crippen LogP contribution in [-0.4, -0.2) is 45.2 Å². The number of rotatable bonds is 6. The third kappa shape index (κ3) is 4.25. The summed E-state index contributed by atoms with van der Waals surface area (Å²) in [4.78, 5) is 19.4. The van der Waals surface area contributed by atoms with Crippen molar-refractivity contribution in [1.82, 2.24) is 20.2 Å². The van der Waals surface area contributed by atoms with E-state index in [1.54, 1.807) is 13.0 Å². The van der Waals surface area contributed by atoms with E-state index >= 15 is 0 Å². The molecule has 1 aliphatic rings. The molecule has 8 heteroatoms. The van der Waals surface area contributed by atoms with Gasteiger partial charge in [0, 0.05) is 12.6 Å². The average Bonchev–Trinajstić information content (AvgIpc) is 3.21. The number of likely N-dealkylation sites (tertiary alicyclic amines) is 1. The first kappa shape index (κ1) is 17.6. The van der Waals surface area contributed by atoms with Crippen molar-refractivity contribution in [3.63, 3.8) is 0 Å². The predicted octanol–water partition coefficient (Wildman–Crippen LogP) is 2.66. The van der Waals surface area contributed by atoms with Gasteiger partial charge < -0.3 is 14.4 Å². The minimum absolute atomic E-state index is 0.0440. The lowest BCUT2D eigenvalue weighted by Crippen LogP contribution is -2.48. The summed E-state index contributed by atoms with van der Waals surface area (Å²) in [6.45, 7) is 7.34. The third-order valence-corrected chi connectivity index (χ3v) is 4.53. The lowest BCUT2D eigenvalue weighted by Gasteiger charge is -2.36. The Balaban J connectivity index is 1.69. The number of piperidine rings is 1. The Morgan fingerprint density at radius 3 is 2.88 bits per heavy atom. The van der Waals surface area contributed by atoms with Gasteiger partial charge >= 0.3 is 0 Å². The molecule has 2 aromatic heterocycles. The maximum absolute atomic E-state index is 12.8. The van der Waals surface area contributed by atoms with E-state index in [9.17, 15) is 4.79 Å². The highest BCUT2D eigenvalue weighted by Crippen LogP contribution is 2.28. The topological polar surface area (TPSA) is 97.3 Å². The lowest BCUT2D eigenvalue weighted by atomic mass is 9.95. The van der Waals surface area contributed by atoms with E-state index in [4.69, 9.17) is 9.05 Å². The molecule has 25 heavy (non-hydrogen) atoms. The normalized spacial score (nSPS) is 19.7. The fourth-order valence-corrected chi connectivity index (χ4v) is 3.36. The minimum atomic E-state index is -0.200. The van der Waals surface area contributed by atoms with Crippen LogP contribution in [-0.2, 0) is 4.79 Å². The van der Waals surface area contributed by atoms with Crippen LogP contribution in [0.5, 0.6) is 0 Å². The number of carbonyl (C=O) groups is 1. The Morgan fingerprint density at radius 1 is 1.40 bits per heavy atom. The third-order valence-electron chi connectivity index (χ3n) is 4.53. The zero-order chi connectivity index (χ0) is 17.8. The standard InChI is InChI=1S/C17H25N5O3/c1-4-6-14(16(23)19-15-9-11(2)24-21-15)22-8-5-7-13(10-22)17-18-12(3)20-25-17/h9,13-14H,4-8,10H2,1-3H3,(H,19,21,23)/t13-,14+/m1/s1. The van der Waals surface area contributed by atoms with Crippen LogP contribution < -0.4 is 5.32 Å². The van der Waals surface area contributed by atoms with Crippen molar-refractivity contribution < 1.29 is 13.8 Å². The predicted molar refractivity (Wildman–Crippen MR) is 91.1 cm³/mol. The molecule has 1 aliphatic heterocycles. The molecule has 3 heterocycles. The van der Waals surface area contributed by atoms with Gasteiger partial charge in [-0.05, 0) is 39.7 Å². The smallest absolute Gasteiger partial charge is 0.242 e. The van der Waals surface area contributed by atoms with Crippen LogP contribution >= 0.6 is 0 Å². The number of amides is 1. The van der Waals surface area contributed by atoms with Crippen molar-refractivity contribution >= 4 is 11.7 Å². The van der Waals surface area contributed by atoms with Crippen molar-refractivity contribution in [2.24, 2.45) is 0 Å². The molecule has 0 radical (unpaired) electrons. The number of anilines is 1. The molecule has 3 rings (SSSR count). The summed E-state index contributed by atoms with van der Waals surface area (Å²) in [5, 5.41) is 10.6. The summed E-state index contributed by atoms with van der Waals surface area (Å²) in [6.07, 6.45) is 3.72. The average molecular weight is 347 g/mol. The lowest BCUT2D eigenvalue weighted by molar-refractivity contribution is -0.122. The Bertz CT molecular complexity index is 711. The molecular weight excluding hydrogens is 322 g/mol. The summed E-state index contributed by atoms with van der Waals surface area (Å²) >= 11 is 0. The van der Waals surface area contributed by atoms with Gasteiger partial charge in [-0.2, -0.15) is 4.98 Å². The van der Waals surface area contributed by atoms with Gasteiger partial charge in [-0.3, -0.25) is 9.69 Å². The Morgan fingerprint density at radius 2 is 2.24 bits per heavy atom. The number of nitrogens with one attached hydrogen (secondary N) is 1. The first-order chi connectivity index (χ1) is 12.1. The molecule has 2 atom stereocenters. The highest BCUT2D eigenvalue weighted by molar-refractivity contribution is 5.94. The van der Waals surface area contributed by atoms with E-state index < -0.39 is 0 Å². The summed E-state index contributed by atoms with van der Waals surface area (Å²) in [5.41, 5.74) is 0. The van der Waals surface area contributed by atoms with Crippen LogP contribution in [0.15, 0.2) is 15.1 Å². The Kier molecular flexibility index (Phi) is 5.47. The molecule has 2 aromatic rings. The van der Waals surface area contributed by atoms with E-state index in [0.29, 0.717) is 23.3 Å². The van der Waals surface area contributed by atoms with E-state index in [-0.39, 0.29) is 17.9 Å². The number of carbonyl (C=O) groups excluding carboxylic acids is 1. The van der Waals surface area contributed by atoms with Crippen LogP contribution in [0.2, 0.25) is 0 Å². The van der Waals surface area contributed by atoms with E-state index in [2.05, 4.69) is 32.4 Å². The summed E-state index contributed by atoms with van der Waals surface area (Å²) in [5.74, 6) is 2.59. The molecule has 1 saturated heterocycles. The highest BCUT2D eigenvalue weighted by atomic mass is 16.5. The van der Waals surface area contributed by atoms with Gasteiger partial charge in [0.25, 0.3) is 0 Å². The van der Waals surface area contributed by atoms with Crippen molar-refractivity contribution in [3.8, 4) is 0 Å². The van der Waals surface area contributed by atoms with Crippen molar-refractivity contribution in [3.05, 3.63) is 23.5 Å². The van der Waals surface area contributed by atoms with Gasteiger partial charge in [0.05, 0.1) is 12.0 Å². The van der Waals surface area contributed by atoms with Crippen molar-refractivity contribution in [1.29, 1.82) is 0 Å². The first-order valence-corrected chi connectivity index (χ1v) is 8.85. The Hall–Kier alpha value is -2.22. The van der Waals surface area contributed by atoms with E-state index in [0.717, 1.165) is 38.8 Å². The van der Waals surface area contributed by atoms with Gasteiger partial charge in [0.2, 0.25) is 11.8 Å². The molecule has 0 aromatic carbocycles. The second kappa shape index (κ2) is 7.77. The van der Waals surface area contributed by atoms with Crippen molar-refractivity contribution in [2.45, 2.75) is 58.4 Å². The van der Waals surface area contributed by atoms with Crippen LogP contribution in [0.4, 0.5) is 5.82 Å². The van der Waals surface area contributed by atoms with Gasteiger partial charge in [-0.25, -0.2) is 0 Å². The fourth-order valence-electron chi connectivity index (χ4n) is 3.36. The molecule has 1 amide bonds. The summed E-state index contributed by atoms with van der Waals surface area (Å²) in [6, 6.07) is 1.52. The number of hydrogen-bond acceptors (Lipinski definition) is 7. The zero-order valence-electron chi connectivity index (χ0n) is 15.0. The fraction of sp³-hybridized carbons (Fsp3) is 0.647. The van der Waals surface area contributed by atoms with E-state index in [1.807, 2.05) is 6.92 Å². The summed E-state index contributed by atoms with van der Waals surface area (Å²) in [7, 11) is 0. The molecule has 0 spiro atoms. The van der Waals surface area contributed by atoms with E-state index in [1.165, 1.54) is 0 Å². The second-order valence-electron chi connectivity index (χ2n) is 6.63. The van der Waals surface area contributed by atoms with Crippen LogP contribution in [0, 0.1) is 13.8 Å². The largest absolute Gasteiger partial charge is 0.360 e. The van der Waals surface area contributed by atoms with Gasteiger partial charge in [0.1, 0.15) is 5.76 Å². The molecule has 1 fully saturated rings. The quantitative estimate of drug-likeness (QED) is 0.858. The minimum Gasteiger partial charge on any atom is -0.360 e. The molecule has 1 N–H and O–H groups in total. The molecular formula is C17H25N5O3. The maximum atomic E-state index is 12.8. The monoisotopic (exact) mass is 347 g/mol. The van der Waals surface area contributed by atoms with Crippen LogP contribution in [0.3, 0.4) is 0 Å². The number of nitrogens with zero attached hydrogens (tertiary/aromatic N) is 4. The summed E-state index contributed by atoms with van der Waals surface area (Å²) < 4.78 is 10.4. The molecule has 136 valence electrons. The molecule has 0 unspecified atom stereocenters. The zero-order valence-corrected chi connectivity index (χ0v) is 15.0. The Labute approximate surface area is 146 Å². The number of aryl methyl sites for hydroxylation is 2. The van der Waals surface area contributed by atoms with Gasteiger partial charge in [-0.15, -0.1) is 0 Å². The first-order valence-electron chi connectivity index (χ1n) is 8.85.